The lowest BCUT2D eigenvalue weighted by Gasteiger charge is -2.12. The minimum atomic E-state index is -0.0879. The third-order valence-electron chi connectivity index (χ3n) is 2.44. The van der Waals surface area contributed by atoms with Gasteiger partial charge in [-0.1, -0.05) is 11.8 Å². The van der Waals surface area contributed by atoms with Gasteiger partial charge in [-0.05, 0) is 19.4 Å². The lowest BCUT2D eigenvalue weighted by Crippen LogP contribution is -2.33. The highest BCUT2D eigenvalue weighted by atomic mass is 32.1. The van der Waals surface area contributed by atoms with Crippen molar-refractivity contribution < 1.29 is 14.6 Å². The molecule has 1 heterocycles. The van der Waals surface area contributed by atoms with E-state index in [1.165, 1.54) is 11.3 Å². The van der Waals surface area contributed by atoms with Gasteiger partial charge in [0.2, 0.25) is 0 Å². The van der Waals surface area contributed by atoms with Gasteiger partial charge in [0.25, 0.3) is 5.91 Å². The van der Waals surface area contributed by atoms with Gasteiger partial charge in [0.05, 0.1) is 17.0 Å². The van der Waals surface area contributed by atoms with Gasteiger partial charge in [-0.3, -0.25) is 4.79 Å². The summed E-state index contributed by atoms with van der Waals surface area (Å²) >= 11 is 1.43. The van der Waals surface area contributed by atoms with Gasteiger partial charge in [0, 0.05) is 31.6 Å². The van der Waals surface area contributed by atoms with E-state index < -0.39 is 0 Å². The van der Waals surface area contributed by atoms with Crippen LogP contribution in [0.3, 0.4) is 0 Å². The van der Waals surface area contributed by atoms with E-state index in [-0.39, 0.29) is 18.6 Å². The normalized spacial score (nSPS) is 11.5. The van der Waals surface area contributed by atoms with Crippen LogP contribution in [0.2, 0.25) is 0 Å². The molecule has 104 valence electrons. The fourth-order valence-corrected chi connectivity index (χ4v) is 2.16. The molecule has 0 saturated heterocycles. The van der Waals surface area contributed by atoms with Crippen molar-refractivity contribution in [1.82, 2.24) is 5.32 Å². The number of carbonyl (C=O) groups excluding carboxylic acids is 1. The first-order valence-corrected chi connectivity index (χ1v) is 7.03. The van der Waals surface area contributed by atoms with Crippen LogP contribution in [0.5, 0.6) is 0 Å². The van der Waals surface area contributed by atoms with Gasteiger partial charge in [-0.2, -0.15) is 0 Å². The van der Waals surface area contributed by atoms with E-state index in [2.05, 4.69) is 17.2 Å². The standard InChI is InChI=1S/C14H19NO3S/c1-11(6-8-18-2)15-14(17)12-9-13(19-10-12)5-3-4-7-16/h9-11,16H,4,6-8H2,1-2H3,(H,15,17). The molecule has 0 fully saturated rings. The van der Waals surface area contributed by atoms with Gasteiger partial charge >= 0.3 is 0 Å². The lowest BCUT2D eigenvalue weighted by atomic mass is 10.2. The van der Waals surface area contributed by atoms with Crippen molar-refractivity contribution >= 4 is 17.2 Å². The maximum absolute atomic E-state index is 11.9. The van der Waals surface area contributed by atoms with Gasteiger partial charge in [0.1, 0.15) is 0 Å². The molecule has 0 radical (unpaired) electrons. The van der Waals surface area contributed by atoms with Crippen LogP contribution in [0.1, 0.15) is 35.0 Å². The predicted octanol–water partition coefficient (Wildman–Crippen LogP) is 1.64. The Morgan fingerprint density at radius 1 is 1.63 bits per heavy atom. The van der Waals surface area contributed by atoms with E-state index in [1.54, 1.807) is 18.6 Å². The first-order chi connectivity index (χ1) is 9.17. The van der Waals surface area contributed by atoms with Crippen LogP contribution in [0.15, 0.2) is 11.4 Å². The molecular weight excluding hydrogens is 262 g/mol. The van der Waals surface area contributed by atoms with E-state index in [9.17, 15) is 4.79 Å². The second-order valence-electron chi connectivity index (χ2n) is 4.13. The van der Waals surface area contributed by atoms with Crippen LogP contribution in [-0.4, -0.2) is 37.4 Å². The molecule has 5 heteroatoms. The van der Waals surface area contributed by atoms with Crippen molar-refractivity contribution in [3.8, 4) is 11.8 Å². The Kier molecular flexibility index (Phi) is 7.19. The Morgan fingerprint density at radius 3 is 3.11 bits per heavy atom. The summed E-state index contributed by atoms with van der Waals surface area (Å²) in [5.74, 6) is 5.66. The van der Waals surface area contributed by atoms with Crippen LogP contribution < -0.4 is 5.32 Å². The SMILES string of the molecule is COCCC(C)NC(=O)c1csc(C#CCCO)c1. The number of aliphatic hydroxyl groups is 1. The Hall–Kier alpha value is -1.35. The maximum atomic E-state index is 11.9. The van der Waals surface area contributed by atoms with Crippen molar-refractivity contribution in [1.29, 1.82) is 0 Å². The van der Waals surface area contributed by atoms with Crippen molar-refractivity contribution in [2.75, 3.05) is 20.3 Å². The predicted molar refractivity (Wildman–Crippen MR) is 76.3 cm³/mol. The molecule has 0 aromatic carbocycles. The summed E-state index contributed by atoms with van der Waals surface area (Å²) in [6.07, 6.45) is 1.24. The van der Waals surface area contributed by atoms with E-state index in [1.807, 2.05) is 6.92 Å². The number of carbonyl (C=O) groups is 1. The third-order valence-corrected chi connectivity index (χ3v) is 3.29. The molecule has 0 spiro atoms. The molecule has 19 heavy (non-hydrogen) atoms. The minimum Gasteiger partial charge on any atom is -0.395 e. The van der Waals surface area contributed by atoms with Gasteiger partial charge < -0.3 is 15.2 Å². The smallest absolute Gasteiger partial charge is 0.252 e. The summed E-state index contributed by atoms with van der Waals surface area (Å²) in [5, 5.41) is 13.3. The van der Waals surface area contributed by atoms with Gasteiger partial charge in [-0.25, -0.2) is 0 Å². The minimum absolute atomic E-state index is 0.0583. The summed E-state index contributed by atoms with van der Waals surface area (Å²) in [7, 11) is 1.64. The van der Waals surface area contributed by atoms with Crippen LogP contribution in [0.25, 0.3) is 0 Å². The number of hydrogen-bond acceptors (Lipinski definition) is 4. The van der Waals surface area contributed by atoms with Crippen molar-refractivity contribution in [2.45, 2.75) is 25.8 Å². The van der Waals surface area contributed by atoms with Crippen molar-refractivity contribution in [2.24, 2.45) is 0 Å². The zero-order valence-corrected chi connectivity index (χ0v) is 12.0. The molecule has 4 nitrogen and oxygen atoms in total. The molecule has 0 aliphatic heterocycles. The van der Waals surface area contributed by atoms with E-state index in [0.29, 0.717) is 18.6 Å². The zero-order chi connectivity index (χ0) is 14.1. The number of rotatable bonds is 6. The van der Waals surface area contributed by atoms with Crippen LogP contribution >= 0.6 is 11.3 Å². The number of nitrogens with one attached hydrogen (secondary N) is 1. The van der Waals surface area contributed by atoms with Crippen molar-refractivity contribution in [3.63, 3.8) is 0 Å². The molecule has 0 aliphatic carbocycles. The molecule has 1 amide bonds. The second kappa shape index (κ2) is 8.70. The van der Waals surface area contributed by atoms with E-state index in [4.69, 9.17) is 9.84 Å². The topological polar surface area (TPSA) is 58.6 Å². The summed E-state index contributed by atoms with van der Waals surface area (Å²) in [6, 6.07) is 1.85. The highest BCUT2D eigenvalue weighted by Crippen LogP contribution is 2.13. The van der Waals surface area contributed by atoms with Crippen LogP contribution in [0.4, 0.5) is 0 Å². The number of thiophene rings is 1. The molecule has 0 saturated carbocycles. The average molecular weight is 281 g/mol. The molecule has 1 aromatic heterocycles. The fraction of sp³-hybridized carbons (Fsp3) is 0.500. The van der Waals surface area contributed by atoms with Crippen LogP contribution in [-0.2, 0) is 4.74 Å². The molecule has 0 bridgehead atoms. The van der Waals surface area contributed by atoms with Crippen LogP contribution in [0, 0.1) is 11.8 Å². The highest BCUT2D eigenvalue weighted by molar-refractivity contribution is 7.10. The number of ether oxygens (including phenoxy) is 1. The Morgan fingerprint density at radius 2 is 2.42 bits per heavy atom. The number of methoxy groups -OCH3 is 1. The summed E-state index contributed by atoms with van der Waals surface area (Å²) in [6.45, 7) is 2.64. The molecule has 1 unspecified atom stereocenters. The maximum Gasteiger partial charge on any atom is 0.252 e. The number of aliphatic hydroxyl groups excluding tert-OH is 1. The largest absolute Gasteiger partial charge is 0.395 e. The first-order valence-electron chi connectivity index (χ1n) is 6.15. The molecule has 2 N–H and O–H groups in total. The van der Waals surface area contributed by atoms with E-state index >= 15 is 0 Å². The Labute approximate surface area is 117 Å². The summed E-state index contributed by atoms with van der Waals surface area (Å²) < 4.78 is 4.97. The highest BCUT2D eigenvalue weighted by Gasteiger charge is 2.11. The molecule has 1 rings (SSSR count). The van der Waals surface area contributed by atoms with E-state index in [0.717, 1.165) is 11.3 Å². The first kappa shape index (κ1) is 15.7. The van der Waals surface area contributed by atoms with Gasteiger partial charge in [0.15, 0.2) is 0 Å². The molecule has 1 aromatic rings. The van der Waals surface area contributed by atoms with Gasteiger partial charge in [-0.15, -0.1) is 11.3 Å². The Bertz CT molecular complexity index is 459. The third kappa shape index (κ3) is 5.88. The summed E-state index contributed by atoms with van der Waals surface area (Å²) in [5.41, 5.74) is 0.627. The van der Waals surface area contributed by atoms with Crippen molar-refractivity contribution in [3.05, 3.63) is 21.9 Å². The lowest BCUT2D eigenvalue weighted by molar-refractivity contribution is 0.0930. The molecular formula is C14H19NO3S. The molecule has 0 aliphatic rings. The number of hydrogen-bond donors (Lipinski definition) is 2. The zero-order valence-electron chi connectivity index (χ0n) is 11.2. The second-order valence-corrected chi connectivity index (χ2v) is 5.04. The Balaban J connectivity index is 2.52. The summed E-state index contributed by atoms with van der Waals surface area (Å²) in [4.78, 5) is 12.8. The monoisotopic (exact) mass is 281 g/mol. The number of amides is 1. The fourth-order valence-electron chi connectivity index (χ4n) is 1.40. The molecule has 1 atom stereocenters. The average Bonchev–Trinajstić information content (AvgIpc) is 2.85. The quantitative estimate of drug-likeness (QED) is 0.779.